The maximum atomic E-state index is 10.3. The van der Waals surface area contributed by atoms with E-state index in [0.717, 1.165) is 17.3 Å². The fourth-order valence-corrected chi connectivity index (χ4v) is 1.17. The van der Waals surface area contributed by atoms with E-state index in [9.17, 15) is 4.79 Å². The Morgan fingerprint density at radius 3 is 2.60 bits per heavy atom. The number of benzene rings is 1. The molecule has 1 aromatic rings. The highest BCUT2D eigenvalue weighted by atomic mass is 35.5. The van der Waals surface area contributed by atoms with Gasteiger partial charge in [-0.25, -0.2) is 4.79 Å². The van der Waals surface area contributed by atoms with Crippen LogP contribution in [0.3, 0.4) is 0 Å². The van der Waals surface area contributed by atoms with E-state index in [2.05, 4.69) is 5.32 Å². The molecule has 1 aromatic carbocycles. The Bertz CT molecular complexity index is 346. The molecule has 1 rings (SSSR count). The first kappa shape index (κ1) is 11.6. The Kier molecular flexibility index (Phi) is 4.71. The summed E-state index contributed by atoms with van der Waals surface area (Å²) < 4.78 is 0. The van der Waals surface area contributed by atoms with E-state index in [1.54, 1.807) is 6.08 Å². The van der Waals surface area contributed by atoms with Gasteiger partial charge in [0.25, 0.3) is 0 Å². The topological polar surface area (TPSA) is 49.3 Å². The first-order chi connectivity index (χ1) is 7.22. The molecule has 0 aromatic heterocycles. The van der Waals surface area contributed by atoms with E-state index in [0.29, 0.717) is 12.4 Å². The highest BCUT2D eigenvalue weighted by molar-refractivity contribution is 6.18. The van der Waals surface area contributed by atoms with Gasteiger partial charge < -0.3 is 10.4 Å². The molecule has 15 heavy (non-hydrogen) atoms. The maximum absolute atomic E-state index is 10.3. The summed E-state index contributed by atoms with van der Waals surface area (Å²) in [5.41, 5.74) is 1.83. The van der Waals surface area contributed by atoms with Gasteiger partial charge in [-0.3, -0.25) is 0 Å². The number of carboxylic acids is 1. The summed E-state index contributed by atoms with van der Waals surface area (Å²) in [6.45, 7) is 0.714. The molecule has 0 spiro atoms. The lowest BCUT2D eigenvalue weighted by Crippen LogP contribution is -2.01. The minimum absolute atomic E-state index is 0.556. The van der Waals surface area contributed by atoms with Gasteiger partial charge in [-0.15, -0.1) is 11.6 Å². The van der Waals surface area contributed by atoms with E-state index < -0.39 is 5.97 Å². The van der Waals surface area contributed by atoms with Crippen molar-refractivity contribution < 1.29 is 9.90 Å². The molecule has 3 nitrogen and oxygen atoms in total. The van der Waals surface area contributed by atoms with Gasteiger partial charge >= 0.3 is 5.97 Å². The Morgan fingerprint density at radius 1 is 1.40 bits per heavy atom. The van der Waals surface area contributed by atoms with Crippen molar-refractivity contribution in [2.75, 3.05) is 17.7 Å². The van der Waals surface area contributed by atoms with Crippen LogP contribution in [0.15, 0.2) is 30.3 Å². The van der Waals surface area contributed by atoms with Crippen LogP contribution in [0.5, 0.6) is 0 Å². The number of carboxylic acid groups (broad SMARTS) is 1. The van der Waals surface area contributed by atoms with Crippen molar-refractivity contribution in [3.63, 3.8) is 0 Å². The zero-order valence-corrected chi connectivity index (χ0v) is 8.87. The number of anilines is 1. The van der Waals surface area contributed by atoms with Crippen LogP contribution in [0.2, 0.25) is 0 Å². The van der Waals surface area contributed by atoms with Crippen LogP contribution in [0.4, 0.5) is 5.69 Å². The molecule has 0 bridgehead atoms. The lowest BCUT2D eigenvalue weighted by molar-refractivity contribution is -0.131. The second-order valence-corrected chi connectivity index (χ2v) is 3.29. The average Bonchev–Trinajstić information content (AvgIpc) is 2.25. The van der Waals surface area contributed by atoms with Crippen LogP contribution in [0.1, 0.15) is 5.56 Å². The smallest absolute Gasteiger partial charge is 0.328 e. The largest absolute Gasteiger partial charge is 0.478 e. The summed E-state index contributed by atoms with van der Waals surface area (Å²) >= 11 is 5.53. The maximum Gasteiger partial charge on any atom is 0.328 e. The van der Waals surface area contributed by atoms with E-state index in [-0.39, 0.29) is 0 Å². The molecule has 0 amide bonds. The fourth-order valence-electron chi connectivity index (χ4n) is 1.07. The lowest BCUT2D eigenvalue weighted by Gasteiger charge is -2.03. The minimum atomic E-state index is -0.945. The summed E-state index contributed by atoms with van der Waals surface area (Å²) in [5, 5.41) is 11.5. The van der Waals surface area contributed by atoms with Gasteiger partial charge in [0.05, 0.1) is 0 Å². The Hall–Kier alpha value is -1.48. The van der Waals surface area contributed by atoms with Crippen molar-refractivity contribution in [2.24, 2.45) is 0 Å². The molecule has 0 radical (unpaired) electrons. The van der Waals surface area contributed by atoms with Crippen LogP contribution in [-0.4, -0.2) is 23.5 Å². The molecule has 0 atom stereocenters. The van der Waals surface area contributed by atoms with Crippen molar-refractivity contribution in [3.05, 3.63) is 35.9 Å². The third-order valence-electron chi connectivity index (χ3n) is 1.75. The molecular formula is C11H12ClNO2. The van der Waals surface area contributed by atoms with Gasteiger partial charge in [-0.05, 0) is 23.8 Å². The fraction of sp³-hybridized carbons (Fsp3) is 0.182. The molecule has 0 fully saturated rings. The number of aliphatic carboxylic acids is 1. The number of hydrogen-bond donors (Lipinski definition) is 2. The van der Waals surface area contributed by atoms with E-state index in [4.69, 9.17) is 16.7 Å². The zero-order valence-electron chi connectivity index (χ0n) is 8.11. The number of alkyl halides is 1. The molecule has 0 aliphatic carbocycles. The van der Waals surface area contributed by atoms with Crippen molar-refractivity contribution in [1.82, 2.24) is 0 Å². The highest BCUT2D eigenvalue weighted by Crippen LogP contribution is 2.10. The second kappa shape index (κ2) is 6.09. The third kappa shape index (κ3) is 4.51. The molecule has 0 aliphatic rings. The van der Waals surface area contributed by atoms with Crippen molar-refractivity contribution in [1.29, 1.82) is 0 Å². The molecule has 0 heterocycles. The molecule has 0 saturated carbocycles. The molecule has 0 unspecified atom stereocenters. The summed E-state index contributed by atoms with van der Waals surface area (Å²) in [7, 11) is 0. The summed E-state index contributed by atoms with van der Waals surface area (Å²) in [5.74, 6) is -0.389. The van der Waals surface area contributed by atoms with E-state index in [1.165, 1.54) is 0 Å². The van der Waals surface area contributed by atoms with Gasteiger partial charge in [0.1, 0.15) is 0 Å². The lowest BCUT2D eigenvalue weighted by atomic mass is 10.2. The quantitative estimate of drug-likeness (QED) is 0.598. The SMILES string of the molecule is O=C(O)C=Cc1ccc(NCCCl)cc1. The Morgan fingerprint density at radius 2 is 2.07 bits per heavy atom. The van der Waals surface area contributed by atoms with Crippen LogP contribution in [0, 0.1) is 0 Å². The van der Waals surface area contributed by atoms with Gasteiger partial charge in [0.15, 0.2) is 0 Å². The molecule has 4 heteroatoms. The minimum Gasteiger partial charge on any atom is -0.478 e. The average molecular weight is 226 g/mol. The van der Waals surface area contributed by atoms with Crippen LogP contribution < -0.4 is 5.32 Å². The van der Waals surface area contributed by atoms with Crippen molar-refractivity contribution in [2.45, 2.75) is 0 Å². The van der Waals surface area contributed by atoms with Crippen molar-refractivity contribution >= 4 is 29.3 Å². The molecule has 80 valence electrons. The standard InChI is InChI=1S/C11H12ClNO2/c12-7-8-13-10-4-1-9(2-5-10)3-6-11(14)15/h1-6,13H,7-8H2,(H,14,15). The highest BCUT2D eigenvalue weighted by Gasteiger charge is 1.92. The number of nitrogens with one attached hydrogen (secondary N) is 1. The molecule has 2 N–H and O–H groups in total. The van der Waals surface area contributed by atoms with Gasteiger partial charge in [-0.1, -0.05) is 12.1 Å². The third-order valence-corrected chi connectivity index (χ3v) is 1.94. The molecule has 0 saturated heterocycles. The van der Waals surface area contributed by atoms with Crippen LogP contribution in [0.25, 0.3) is 6.08 Å². The van der Waals surface area contributed by atoms with Gasteiger partial charge in [-0.2, -0.15) is 0 Å². The van der Waals surface area contributed by atoms with Gasteiger partial charge in [0, 0.05) is 24.2 Å². The van der Waals surface area contributed by atoms with Crippen molar-refractivity contribution in [3.8, 4) is 0 Å². The Balaban J connectivity index is 2.60. The van der Waals surface area contributed by atoms with Crippen LogP contribution in [-0.2, 0) is 4.79 Å². The summed E-state index contributed by atoms with van der Waals surface area (Å²) in [6, 6.07) is 7.45. The zero-order chi connectivity index (χ0) is 11.1. The normalized spacial score (nSPS) is 10.5. The number of hydrogen-bond acceptors (Lipinski definition) is 2. The summed E-state index contributed by atoms with van der Waals surface area (Å²) in [4.78, 5) is 10.3. The van der Waals surface area contributed by atoms with E-state index in [1.807, 2.05) is 24.3 Å². The number of carbonyl (C=O) groups is 1. The number of halogens is 1. The predicted octanol–water partition coefficient (Wildman–Crippen LogP) is 2.44. The summed E-state index contributed by atoms with van der Waals surface area (Å²) in [6.07, 6.45) is 2.66. The number of rotatable bonds is 5. The second-order valence-electron chi connectivity index (χ2n) is 2.91. The molecular weight excluding hydrogens is 214 g/mol. The first-order valence-electron chi connectivity index (χ1n) is 4.53. The first-order valence-corrected chi connectivity index (χ1v) is 5.07. The molecule has 0 aliphatic heterocycles. The Labute approximate surface area is 93.4 Å². The van der Waals surface area contributed by atoms with E-state index >= 15 is 0 Å². The van der Waals surface area contributed by atoms with Crippen LogP contribution >= 0.6 is 11.6 Å². The monoisotopic (exact) mass is 225 g/mol. The van der Waals surface area contributed by atoms with Gasteiger partial charge in [0.2, 0.25) is 0 Å². The predicted molar refractivity (Wildman–Crippen MR) is 62.3 cm³/mol.